The molecule has 0 fully saturated rings. The van der Waals surface area contributed by atoms with Gasteiger partial charge >= 0.3 is 0 Å². The van der Waals surface area contributed by atoms with Gasteiger partial charge in [0.05, 0.1) is 0 Å². The van der Waals surface area contributed by atoms with E-state index in [1.54, 1.807) is 0 Å². The summed E-state index contributed by atoms with van der Waals surface area (Å²) in [6, 6.07) is 7.56. The Hall–Kier alpha value is -1.39. The van der Waals surface area contributed by atoms with Crippen LogP contribution in [0.1, 0.15) is 38.0 Å². The molecule has 4 nitrogen and oxygen atoms in total. The molecule has 4 heteroatoms. The molecule has 3 N–H and O–H groups in total. The molecule has 1 aromatic rings. The van der Waals surface area contributed by atoms with Gasteiger partial charge in [-0.25, -0.2) is 0 Å². The standard InChI is InChI=1S/C15H23NO3/c1-10(2)8-12-4-6-13(7-5-12)15(19)14(18)9-16-11(3)17/h4-7,10,14-15,18-19H,8-9H2,1-3H3,(H,16,17). The van der Waals surface area contributed by atoms with Crippen LogP contribution in [-0.2, 0) is 11.2 Å². The minimum absolute atomic E-state index is 0.0459. The zero-order valence-corrected chi connectivity index (χ0v) is 11.8. The molecular formula is C15H23NO3. The van der Waals surface area contributed by atoms with Crippen molar-refractivity contribution in [2.24, 2.45) is 5.92 Å². The number of hydrogen-bond acceptors (Lipinski definition) is 3. The summed E-state index contributed by atoms with van der Waals surface area (Å²) in [6.45, 7) is 5.73. The molecule has 1 rings (SSSR count). The molecule has 0 saturated carbocycles. The van der Waals surface area contributed by atoms with Gasteiger partial charge in [0.15, 0.2) is 0 Å². The van der Waals surface area contributed by atoms with E-state index in [0.29, 0.717) is 11.5 Å². The first kappa shape index (κ1) is 15.7. The van der Waals surface area contributed by atoms with Gasteiger partial charge in [-0.15, -0.1) is 0 Å². The van der Waals surface area contributed by atoms with Crippen LogP contribution in [0.4, 0.5) is 0 Å². The van der Waals surface area contributed by atoms with Crippen molar-refractivity contribution in [3.05, 3.63) is 35.4 Å². The van der Waals surface area contributed by atoms with Crippen molar-refractivity contribution in [2.45, 2.75) is 39.4 Å². The van der Waals surface area contributed by atoms with E-state index in [4.69, 9.17) is 0 Å². The Bertz CT molecular complexity index is 400. The van der Waals surface area contributed by atoms with E-state index >= 15 is 0 Å². The molecule has 0 aliphatic rings. The summed E-state index contributed by atoms with van der Waals surface area (Å²) in [5.74, 6) is 0.361. The Kier molecular flexibility index (Phi) is 5.99. The van der Waals surface area contributed by atoms with Crippen molar-refractivity contribution >= 4 is 5.91 Å². The van der Waals surface area contributed by atoms with Crippen molar-refractivity contribution in [1.29, 1.82) is 0 Å². The van der Waals surface area contributed by atoms with Gasteiger partial charge in [0.1, 0.15) is 12.2 Å². The van der Waals surface area contributed by atoms with Gasteiger partial charge in [-0.3, -0.25) is 4.79 Å². The minimum Gasteiger partial charge on any atom is -0.388 e. The number of aliphatic hydroxyl groups is 2. The molecule has 0 aliphatic heterocycles. The third kappa shape index (κ3) is 5.41. The SMILES string of the molecule is CC(=O)NCC(O)C(O)c1ccc(CC(C)C)cc1. The number of aliphatic hydroxyl groups excluding tert-OH is 2. The fourth-order valence-electron chi connectivity index (χ4n) is 1.90. The zero-order valence-electron chi connectivity index (χ0n) is 11.8. The quantitative estimate of drug-likeness (QED) is 0.728. The predicted molar refractivity (Wildman–Crippen MR) is 74.6 cm³/mol. The average Bonchev–Trinajstić information content (AvgIpc) is 2.35. The molecule has 2 atom stereocenters. The highest BCUT2D eigenvalue weighted by molar-refractivity contribution is 5.72. The summed E-state index contributed by atoms with van der Waals surface area (Å²) in [6.07, 6.45) is -0.995. The number of amides is 1. The molecule has 0 saturated heterocycles. The van der Waals surface area contributed by atoms with E-state index in [0.717, 1.165) is 6.42 Å². The maximum atomic E-state index is 10.8. The highest BCUT2D eigenvalue weighted by atomic mass is 16.3. The molecule has 0 aliphatic carbocycles. The fraction of sp³-hybridized carbons (Fsp3) is 0.533. The summed E-state index contributed by atoms with van der Waals surface area (Å²) < 4.78 is 0. The molecule has 1 amide bonds. The third-order valence-electron chi connectivity index (χ3n) is 2.89. The monoisotopic (exact) mass is 265 g/mol. The number of carbonyl (C=O) groups is 1. The van der Waals surface area contributed by atoms with Gasteiger partial charge in [0.2, 0.25) is 5.91 Å². The largest absolute Gasteiger partial charge is 0.388 e. The number of rotatable bonds is 6. The number of benzene rings is 1. The Morgan fingerprint density at radius 1 is 1.21 bits per heavy atom. The van der Waals surface area contributed by atoms with Gasteiger partial charge in [0, 0.05) is 13.5 Å². The van der Waals surface area contributed by atoms with Crippen molar-refractivity contribution in [2.75, 3.05) is 6.54 Å². The van der Waals surface area contributed by atoms with E-state index in [2.05, 4.69) is 19.2 Å². The molecule has 0 radical (unpaired) electrons. The summed E-state index contributed by atoms with van der Waals surface area (Å²) in [7, 11) is 0. The Balaban J connectivity index is 2.61. The first-order chi connectivity index (χ1) is 8.90. The van der Waals surface area contributed by atoms with Crippen molar-refractivity contribution in [3.63, 3.8) is 0 Å². The smallest absolute Gasteiger partial charge is 0.216 e. The van der Waals surface area contributed by atoms with Crippen molar-refractivity contribution in [3.8, 4) is 0 Å². The maximum absolute atomic E-state index is 10.8. The van der Waals surface area contributed by atoms with Gasteiger partial charge in [-0.2, -0.15) is 0 Å². The van der Waals surface area contributed by atoms with Crippen LogP contribution >= 0.6 is 0 Å². The van der Waals surface area contributed by atoms with Crippen molar-refractivity contribution < 1.29 is 15.0 Å². The van der Waals surface area contributed by atoms with Crippen LogP contribution in [0.25, 0.3) is 0 Å². The highest BCUT2D eigenvalue weighted by Gasteiger charge is 2.18. The number of carbonyl (C=O) groups excluding carboxylic acids is 1. The Labute approximate surface area is 114 Å². The van der Waals surface area contributed by atoms with E-state index in [1.165, 1.54) is 12.5 Å². The molecule has 19 heavy (non-hydrogen) atoms. The van der Waals surface area contributed by atoms with Gasteiger partial charge in [-0.1, -0.05) is 38.1 Å². The van der Waals surface area contributed by atoms with Gasteiger partial charge < -0.3 is 15.5 Å². The van der Waals surface area contributed by atoms with Crippen LogP contribution in [0.2, 0.25) is 0 Å². The summed E-state index contributed by atoms with van der Waals surface area (Å²) in [4.78, 5) is 10.8. The lowest BCUT2D eigenvalue weighted by atomic mass is 9.98. The van der Waals surface area contributed by atoms with Gasteiger partial charge in [-0.05, 0) is 23.5 Å². The van der Waals surface area contributed by atoms with Crippen LogP contribution in [0, 0.1) is 5.92 Å². The fourth-order valence-corrected chi connectivity index (χ4v) is 1.90. The highest BCUT2D eigenvalue weighted by Crippen LogP contribution is 2.18. The molecule has 1 aromatic carbocycles. The summed E-state index contributed by atoms with van der Waals surface area (Å²) in [5.41, 5.74) is 1.87. The van der Waals surface area contributed by atoms with Crippen molar-refractivity contribution in [1.82, 2.24) is 5.32 Å². The molecule has 0 aromatic heterocycles. The number of hydrogen-bond donors (Lipinski definition) is 3. The van der Waals surface area contributed by atoms with Crippen LogP contribution in [0.15, 0.2) is 24.3 Å². The summed E-state index contributed by atoms with van der Waals surface area (Å²) in [5, 5.41) is 22.2. The third-order valence-corrected chi connectivity index (χ3v) is 2.89. The molecule has 0 bridgehead atoms. The maximum Gasteiger partial charge on any atom is 0.216 e. The second-order valence-electron chi connectivity index (χ2n) is 5.29. The normalized spacial score (nSPS) is 14.2. The predicted octanol–water partition coefficient (Wildman–Crippen LogP) is 1.42. The zero-order chi connectivity index (χ0) is 14.4. The molecule has 2 unspecified atom stereocenters. The van der Waals surface area contributed by atoms with Crippen LogP contribution < -0.4 is 5.32 Å². The van der Waals surface area contributed by atoms with E-state index in [9.17, 15) is 15.0 Å². The minimum atomic E-state index is -1.00. The first-order valence-electron chi connectivity index (χ1n) is 6.59. The second kappa shape index (κ2) is 7.26. The molecular weight excluding hydrogens is 242 g/mol. The summed E-state index contributed by atoms with van der Waals surface area (Å²) >= 11 is 0. The van der Waals surface area contributed by atoms with E-state index in [-0.39, 0.29) is 12.5 Å². The van der Waals surface area contributed by atoms with E-state index in [1.807, 2.05) is 24.3 Å². The topological polar surface area (TPSA) is 69.6 Å². The van der Waals surface area contributed by atoms with Crippen LogP contribution in [-0.4, -0.2) is 28.8 Å². The lowest BCUT2D eigenvalue weighted by Gasteiger charge is -2.18. The lowest BCUT2D eigenvalue weighted by Crippen LogP contribution is -2.34. The first-order valence-corrected chi connectivity index (χ1v) is 6.59. The van der Waals surface area contributed by atoms with Crippen LogP contribution in [0.5, 0.6) is 0 Å². The lowest BCUT2D eigenvalue weighted by molar-refractivity contribution is -0.119. The van der Waals surface area contributed by atoms with Gasteiger partial charge in [0.25, 0.3) is 0 Å². The Morgan fingerprint density at radius 2 is 1.79 bits per heavy atom. The molecule has 0 heterocycles. The second-order valence-corrected chi connectivity index (χ2v) is 5.29. The van der Waals surface area contributed by atoms with E-state index < -0.39 is 12.2 Å². The molecule has 0 spiro atoms. The number of nitrogens with one attached hydrogen (secondary N) is 1. The average molecular weight is 265 g/mol. The van der Waals surface area contributed by atoms with Crippen LogP contribution in [0.3, 0.4) is 0 Å². The Morgan fingerprint density at radius 3 is 2.26 bits per heavy atom. The molecule has 106 valence electrons.